The molecule has 0 aliphatic heterocycles. The van der Waals surface area contributed by atoms with Gasteiger partial charge >= 0.3 is 5.97 Å². The molecule has 0 saturated carbocycles. The lowest BCUT2D eigenvalue weighted by Gasteiger charge is -2.13. The minimum Gasteiger partial charge on any atom is -0.452 e. The zero-order valence-corrected chi connectivity index (χ0v) is 14.7. The molecule has 0 aliphatic rings. The molecule has 0 radical (unpaired) electrons. The summed E-state index contributed by atoms with van der Waals surface area (Å²) in [6, 6.07) is 11.6. The van der Waals surface area contributed by atoms with E-state index in [1.807, 2.05) is 25.1 Å². The predicted molar refractivity (Wildman–Crippen MR) is 96.1 cm³/mol. The normalized spacial score (nSPS) is 10.2. The second-order valence-electron chi connectivity index (χ2n) is 5.23. The molecule has 0 atom stereocenters. The third kappa shape index (κ3) is 5.15. The van der Waals surface area contributed by atoms with E-state index in [4.69, 9.17) is 27.9 Å². The molecular weight excluding hydrogens is 351 g/mol. The van der Waals surface area contributed by atoms with Crippen LogP contribution in [0.3, 0.4) is 0 Å². The summed E-state index contributed by atoms with van der Waals surface area (Å²) in [7, 11) is 3.74. The number of hydrogen-bond acceptors (Lipinski definition) is 4. The molecule has 7 heteroatoms. The highest BCUT2D eigenvalue weighted by atomic mass is 35.5. The van der Waals surface area contributed by atoms with Crippen molar-refractivity contribution < 1.29 is 14.3 Å². The molecule has 2 aromatic rings. The molecule has 1 amide bonds. The summed E-state index contributed by atoms with van der Waals surface area (Å²) in [6.07, 6.45) is 0. The fourth-order valence-corrected chi connectivity index (χ4v) is 2.47. The molecule has 1 N–H and O–H groups in total. The number of carbonyl (C=O) groups is 2. The third-order valence-corrected chi connectivity index (χ3v) is 3.52. The molecule has 2 rings (SSSR count). The average molecular weight is 367 g/mol. The molecule has 0 fully saturated rings. The van der Waals surface area contributed by atoms with Gasteiger partial charge in [0.1, 0.15) is 0 Å². The largest absolute Gasteiger partial charge is 0.452 e. The Morgan fingerprint density at radius 2 is 1.75 bits per heavy atom. The topological polar surface area (TPSA) is 58.6 Å². The van der Waals surface area contributed by atoms with E-state index in [9.17, 15) is 9.59 Å². The number of nitrogens with one attached hydrogen (secondary N) is 1. The fraction of sp³-hybridized carbons (Fsp3) is 0.176. The third-order valence-electron chi connectivity index (χ3n) is 3.08. The van der Waals surface area contributed by atoms with Crippen LogP contribution < -0.4 is 10.2 Å². The number of esters is 1. The SMILES string of the molecule is CN(C)c1cccc(C(=O)OCC(=O)Nc2cc(Cl)cc(Cl)c2)c1. The summed E-state index contributed by atoms with van der Waals surface area (Å²) in [4.78, 5) is 25.8. The number of halogens is 2. The lowest BCUT2D eigenvalue weighted by Crippen LogP contribution is -2.21. The van der Waals surface area contributed by atoms with Gasteiger partial charge in [0.25, 0.3) is 5.91 Å². The quantitative estimate of drug-likeness (QED) is 0.816. The van der Waals surface area contributed by atoms with Gasteiger partial charge < -0.3 is 15.0 Å². The van der Waals surface area contributed by atoms with Gasteiger partial charge in [0.15, 0.2) is 6.61 Å². The number of carbonyl (C=O) groups excluding carboxylic acids is 2. The Balaban J connectivity index is 1.93. The zero-order valence-electron chi connectivity index (χ0n) is 13.2. The molecule has 24 heavy (non-hydrogen) atoms. The predicted octanol–water partition coefficient (Wildman–Crippen LogP) is 3.85. The van der Waals surface area contributed by atoms with Crippen LogP contribution in [-0.2, 0) is 9.53 Å². The summed E-state index contributed by atoms with van der Waals surface area (Å²) < 4.78 is 5.02. The minimum atomic E-state index is -0.571. The van der Waals surface area contributed by atoms with E-state index in [1.54, 1.807) is 36.4 Å². The van der Waals surface area contributed by atoms with Crippen molar-refractivity contribution in [1.29, 1.82) is 0 Å². The highest BCUT2D eigenvalue weighted by Crippen LogP contribution is 2.22. The van der Waals surface area contributed by atoms with E-state index >= 15 is 0 Å². The number of benzene rings is 2. The first-order valence-electron chi connectivity index (χ1n) is 7.05. The smallest absolute Gasteiger partial charge is 0.338 e. The van der Waals surface area contributed by atoms with Gasteiger partial charge in [-0.1, -0.05) is 29.3 Å². The van der Waals surface area contributed by atoms with Crippen LogP contribution in [0.4, 0.5) is 11.4 Å². The summed E-state index contributed by atoms with van der Waals surface area (Å²) in [5.41, 5.74) is 1.67. The Morgan fingerprint density at radius 3 is 2.38 bits per heavy atom. The minimum absolute atomic E-state index is 0.375. The van der Waals surface area contributed by atoms with Gasteiger partial charge in [-0.15, -0.1) is 0 Å². The van der Waals surface area contributed by atoms with E-state index in [2.05, 4.69) is 5.32 Å². The van der Waals surface area contributed by atoms with Crippen molar-refractivity contribution >= 4 is 46.5 Å². The van der Waals surface area contributed by atoms with Crippen molar-refractivity contribution in [3.63, 3.8) is 0 Å². The van der Waals surface area contributed by atoms with Crippen LogP contribution in [0.15, 0.2) is 42.5 Å². The van der Waals surface area contributed by atoms with Crippen LogP contribution in [0.1, 0.15) is 10.4 Å². The number of anilines is 2. The zero-order chi connectivity index (χ0) is 17.7. The van der Waals surface area contributed by atoms with E-state index in [0.29, 0.717) is 21.3 Å². The van der Waals surface area contributed by atoms with E-state index < -0.39 is 18.5 Å². The van der Waals surface area contributed by atoms with E-state index in [-0.39, 0.29) is 0 Å². The lowest BCUT2D eigenvalue weighted by atomic mass is 10.2. The van der Waals surface area contributed by atoms with Crippen molar-refractivity contribution in [2.75, 3.05) is 30.9 Å². The fourth-order valence-electron chi connectivity index (χ4n) is 1.95. The van der Waals surface area contributed by atoms with Crippen molar-refractivity contribution in [1.82, 2.24) is 0 Å². The molecule has 5 nitrogen and oxygen atoms in total. The maximum atomic E-state index is 12.0. The van der Waals surface area contributed by atoms with Gasteiger partial charge in [-0.05, 0) is 36.4 Å². The second-order valence-corrected chi connectivity index (χ2v) is 6.10. The second kappa shape index (κ2) is 8.04. The van der Waals surface area contributed by atoms with Crippen molar-refractivity contribution in [3.8, 4) is 0 Å². The van der Waals surface area contributed by atoms with Gasteiger partial charge in [-0.3, -0.25) is 4.79 Å². The van der Waals surface area contributed by atoms with Gasteiger partial charge in [0.05, 0.1) is 5.56 Å². The molecule has 0 bridgehead atoms. The average Bonchev–Trinajstić information content (AvgIpc) is 2.51. The molecule has 0 heterocycles. The molecule has 0 unspecified atom stereocenters. The number of nitrogens with zero attached hydrogens (tertiary/aromatic N) is 1. The monoisotopic (exact) mass is 366 g/mol. The van der Waals surface area contributed by atoms with E-state index in [1.165, 1.54) is 0 Å². The Bertz CT molecular complexity index is 743. The molecule has 0 saturated heterocycles. The van der Waals surface area contributed by atoms with Crippen molar-refractivity contribution in [2.45, 2.75) is 0 Å². The van der Waals surface area contributed by atoms with E-state index in [0.717, 1.165) is 5.69 Å². The number of hydrogen-bond donors (Lipinski definition) is 1. The Morgan fingerprint density at radius 1 is 1.08 bits per heavy atom. The standard InChI is InChI=1S/C17H16Cl2N2O3/c1-21(2)15-5-3-4-11(6-15)17(23)24-10-16(22)20-14-8-12(18)7-13(19)9-14/h3-9H,10H2,1-2H3,(H,20,22). The van der Waals surface area contributed by atoms with Crippen LogP contribution >= 0.6 is 23.2 Å². The summed E-state index contributed by atoms with van der Waals surface area (Å²) >= 11 is 11.7. The summed E-state index contributed by atoms with van der Waals surface area (Å²) in [6.45, 7) is -0.408. The molecule has 0 aromatic heterocycles. The molecule has 0 spiro atoms. The molecular formula is C17H16Cl2N2O3. The first-order chi connectivity index (χ1) is 11.3. The van der Waals surface area contributed by atoms with Crippen LogP contribution in [0.5, 0.6) is 0 Å². The lowest BCUT2D eigenvalue weighted by molar-refractivity contribution is -0.119. The highest BCUT2D eigenvalue weighted by Gasteiger charge is 2.12. The Kier molecular flexibility index (Phi) is 6.06. The first kappa shape index (κ1) is 18.1. The van der Waals surface area contributed by atoms with Gasteiger partial charge in [0, 0.05) is 35.5 Å². The van der Waals surface area contributed by atoms with Gasteiger partial charge in [-0.2, -0.15) is 0 Å². The number of rotatable bonds is 5. The van der Waals surface area contributed by atoms with Crippen LogP contribution in [-0.4, -0.2) is 32.6 Å². The van der Waals surface area contributed by atoms with Crippen LogP contribution in [0.25, 0.3) is 0 Å². The van der Waals surface area contributed by atoms with Gasteiger partial charge in [0.2, 0.25) is 0 Å². The van der Waals surface area contributed by atoms with Crippen LogP contribution in [0.2, 0.25) is 10.0 Å². The number of ether oxygens (including phenoxy) is 1. The number of amides is 1. The molecule has 0 aliphatic carbocycles. The molecule has 126 valence electrons. The molecule has 2 aromatic carbocycles. The Labute approximate surface area is 150 Å². The van der Waals surface area contributed by atoms with Gasteiger partial charge in [-0.25, -0.2) is 4.79 Å². The highest BCUT2D eigenvalue weighted by molar-refractivity contribution is 6.35. The van der Waals surface area contributed by atoms with Crippen molar-refractivity contribution in [3.05, 3.63) is 58.1 Å². The maximum absolute atomic E-state index is 12.0. The van der Waals surface area contributed by atoms with Crippen LogP contribution in [0, 0.1) is 0 Å². The summed E-state index contributed by atoms with van der Waals surface area (Å²) in [5.74, 6) is -1.05. The summed E-state index contributed by atoms with van der Waals surface area (Å²) in [5, 5.41) is 3.36. The Hall–Kier alpha value is -2.24. The first-order valence-corrected chi connectivity index (χ1v) is 7.81. The van der Waals surface area contributed by atoms with Crippen molar-refractivity contribution in [2.24, 2.45) is 0 Å². The maximum Gasteiger partial charge on any atom is 0.338 e.